The molecule has 2 heterocycles. The Bertz CT molecular complexity index is 942. The number of nitrogens with zero attached hydrogens (tertiary/aromatic N) is 2. The summed E-state index contributed by atoms with van der Waals surface area (Å²) in [5.74, 6) is -0.940. The van der Waals surface area contributed by atoms with E-state index in [0.717, 1.165) is 22.9 Å². The average Bonchev–Trinajstić information content (AvgIpc) is 3.04. The fraction of sp³-hybridized carbons (Fsp3) is 0.389. The zero-order chi connectivity index (χ0) is 20.5. The molecular weight excluding hydrogens is 377 g/mol. The van der Waals surface area contributed by atoms with E-state index in [1.165, 1.54) is 19.1 Å². The lowest BCUT2D eigenvalue weighted by atomic mass is 10.1. The van der Waals surface area contributed by atoms with Crippen LogP contribution in [0.1, 0.15) is 21.7 Å². The number of amides is 1. The Morgan fingerprint density at radius 2 is 2.11 bits per heavy atom. The third-order valence-corrected chi connectivity index (χ3v) is 4.57. The summed E-state index contributed by atoms with van der Waals surface area (Å²) in [6.07, 6.45) is -5.13. The van der Waals surface area contributed by atoms with Gasteiger partial charge in [-0.25, -0.2) is 4.68 Å². The normalized spacial score (nSPS) is 19.6. The first kappa shape index (κ1) is 20.0. The lowest BCUT2D eigenvalue weighted by molar-refractivity contribution is -0.137. The van der Waals surface area contributed by atoms with E-state index in [1.54, 1.807) is 0 Å². The van der Waals surface area contributed by atoms with Gasteiger partial charge in [0.15, 0.2) is 5.69 Å². The fourth-order valence-corrected chi connectivity index (χ4v) is 3.02. The number of benzene rings is 1. The minimum Gasteiger partial charge on any atom is -0.391 e. The topological polar surface area (TPSA) is 96.2 Å². The molecule has 0 bridgehead atoms. The van der Waals surface area contributed by atoms with Crippen molar-refractivity contribution in [2.75, 3.05) is 19.6 Å². The summed E-state index contributed by atoms with van der Waals surface area (Å²) in [5, 5.41) is 19.3. The van der Waals surface area contributed by atoms with Crippen LogP contribution in [-0.4, -0.2) is 46.5 Å². The Balaban J connectivity index is 1.88. The number of β-amino-alcohol motifs (C(OH)–C–C–N with tert-alkyl or cyclic N) is 1. The first-order chi connectivity index (χ1) is 13.2. The standard InChI is InChI=1S/C18H19F3N4O3/c1-10-5-14(26)16(17(28)23-8-11-7-22-9-15(11)27)24-25(10)13-4-2-3-12(6-13)18(19,20)21/h2-6,11,15,22,27H,7-9H2,1H3,(H,23,28). The van der Waals surface area contributed by atoms with Crippen molar-refractivity contribution in [3.05, 3.63) is 57.5 Å². The van der Waals surface area contributed by atoms with Crippen LogP contribution in [0, 0.1) is 12.8 Å². The van der Waals surface area contributed by atoms with Crippen molar-refractivity contribution in [3.8, 4) is 5.69 Å². The molecule has 1 aliphatic heterocycles. The molecule has 0 radical (unpaired) electrons. The number of rotatable bonds is 4. The van der Waals surface area contributed by atoms with Crippen molar-refractivity contribution in [3.63, 3.8) is 0 Å². The van der Waals surface area contributed by atoms with Gasteiger partial charge >= 0.3 is 6.18 Å². The highest BCUT2D eigenvalue weighted by atomic mass is 19.4. The minimum atomic E-state index is -4.53. The second-order valence-electron chi connectivity index (χ2n) is 6.65. The Morgan fingerprint density at radius 1 is 1.36 bits per heavy atom. The summed E-state index contributed by atoms with van der Waals surface area (Å²) in [6.45, 7) is 2.60. The Morgan fingerprint density at radius 3 is 2.75 bits per heavy atom. The molecule has 1 aliphatic rings. The monoisotopic (exact) mass is 396 g/mol. The molecule has 3 N–H and O–H groups in total. The summed E-state index contributed by atoms with van der Waals surface area (Å²) < 4.78 is 40.0. The second kappa shape index (κ2) is 7.72. The fourth-order valence-electron chi connectivity index (χ4n) is 3.02. The van der Waals surface area contributed by atoms with E-state index < -0.39 is 34.9 Å². The molecule has 1 fully saturated rings. The van der Waals surface area contributed by atoms with Crippen LogP contribution >= 0.6 is 0 Å². The molecule has 1 amide bonds. The Kier molecular flexibility index (Phi) is 5.52. The summed E-state index contributed by atoms with van der Waals surface area (Å²) in [7, 11) is 0. The van der Waals surface area contributed by atoms with E-state index in [-0.39, 0.29) is 23.8 Å². The van der Waals surface area contributed by atoms with Gasteiger partial charge in [-0.1, -0.05) is 6.07 Å². The van der Waals surface area contributed by atoms with Crippen LogP contribution in [0.25, 0.3) is 5.69 Å². The molecular formula is C18H19F3N4O3. The molecule has 2 atom stereocenters. The second-order valence-corrected chi connectivity index (χ2v) is 6.65. The number of hydrogen-bond acceptors (Lipinski definition) is 5. The van der Waals surface area contributed by atoms with E-state index in [2.05, 4.69) is 15.7 Å². The number of nitrogens with one attached hydrogen (secondary N) is 2. The molecule has 1 aromatic carbocycles. The maximum Gasteiger partial charge on any atom is 0.416 e. The maximum absolute atomic E-state index is 13.0. The van der Waals surface area contributed by atoms with E-state index in [9.17, 15) is 27.9 Å². The summed E-state index contributed by atoms with van der Waals surface area (Å²) in [4.78, 5) is 24.6. The number of hydrogen-bond donors (Lipinski definition) is 3. The highest BCUT2D eigenvalue weighted by Crippen LogP contribution is 2.30. The summed E-state index contributed by atoms with van der Waals surface area (Å²) in [5.41, 5.74) is -1.56. The van der Waals surface area contributed by atoms with Gasteiger partial charge < -0.3 is 15.7 Å². The molecule has 3 rings (SSSR count). The van der Waals surface area contributed by atoms with Gasteiger partial charge in [0, 0.05) is 37.3 Å². The van der Waals surface area contributed by atoms with Gasteiger partial charge in [0.25, 0.3) is 5.91 Å². The number of aryl methyl sites for hydroxylation is 1. The lowest BCUT2D eigenvalue weighted by Crippen LogP contribution is -2.37. The van der Waals surface area contributed by atoms with E-state index in [1.807, 2.05) is 0 Å². The van der Waals surface area contributed by atoms with Gasteiger partial charge in [0.2, 0.25) is 5.43 Å². The number of carbonyl (C=O) groups excluding carboxylic acids is 1. The van der Waals surface area contributed by atoms with E-state index in [4.69, 9.17) is 0 Å². The van der Waals surface area contributed by atoms with Crippen LogP contribution in [0.5, 0.6) is 0 Å². The number of aliphatic hydroxyl groups excluding tert-OH is 1. The van der Waals surface area contributed by atoms with Crippen molar-refractivity contribution in [2.45, 2.75) is 19.2 Å². The molecule has 7 nitrogen and oxygen atoms in total. The van der Waals surface area contributed by atoms with Gasteiger partial charge in [-0.2, -0.15) is 18.3 Å². The number of halogens is 3. The third kappa shape index (κ3) is 4.23. The summed E-state index contributed by atoms with van der Waals surface area (Å²) in [6, 6.07) is 5.60. The van der Waals surface area contributed by atoms with Gasteiger partial charge in [-0.15, -0.1) is 0 Å². The predicted octanol–water partition coefficient (Wildman–Crippen LogP) is 0.870. The third-order valence-electron chi connectivity index (χ3n) is 4.57. The Hall–Kier alpha value is -2.72. The highest BCUT2D eigenvalue weighted by Gasteiger charge is 2.31. The molecule has 0 spiro atoms. The van der Waals surface area contributed by atoms with Gasteiger partial charge in [-0.3, -0.25) is 9.59 Å². The van der Waals surface area contributed by atoms with E-state index >= 15 is 0 Å². The van der Waals surface area contributed by atoms with E-state index in [0.29, 0.717) is 13.1 Å². The van der Waals surface area contributed by atoms with Crippen molar-refractivity contribution in [1.29, 1.82) is 0 Å². The molecule has 1 saturated heterocycles. The van der Waals surface area contributed by atoms with Crippen LogP contribution < -0.4 is 16.1 Å². The van der Waals surface area contributed by atoms with Gasteiger partial charge in [0.05, 0.1) is 17.4 Å². The molecule has 0 saturated carbocycles. The molecule has 10 heteroatoms. The minimum absolute atomic E-state index is 0.0804. The van der Waals surface area contributed by atoms with Crippen molar-refractivity contribution < 1.29 is 23.1 Å². The number of alkyl halides is 3. The highest BCUT2D eigenvalue weighted by molar-refractivity contribution is 5.92. The Labute approximate surface area is 158 Å². The first-order valence-corrected chi connectivity index (χ1v) is 8.62. The van der Waals surface area contributed by atoms with Crippen LogP contribution in [0.4, 0.5) is 13.2 Å². The SMILES string of the molecule is Cc1cc(=O)c(C(=O)NCC2CNCC2O)nn1-c1cccc(C(F)(F)F)c1. The summed E-state index contributed by atoms with van der Waals surface area (Å²) >= 11 is 0. The number of carbonyl (C=O) groups is 1. The van der Waals surface area contributed by atoms with Crippen LogP contribution in [-0.2, 0) is 6.18 Å². The first-order valence-electron chi connectivity index (χ1n) is 8.62. The number of aromatic nitrogens is 2. The molecule has 1 aromatic heterocycles. The van der Waals surface area contributed by atoms with Crippen molar-refractivity contribution in [1.82, 2.24) is 20.4 Å². The van der Waals surface area contributed by atoms with Gasteiger partial charge in [-0.05, 0) is 25.1 Å². The zero-order valence-corrected chi connectivity index (χ0v) is 15.0. The van der Waals surface area contributed by atoms with Crippen LogP contribution in [0.15, 0.2) is 35.1 Å². The van der Waals surface area contributed by atoms with Crippen molar-refractivity contribution in [2.24, 2.45) is 5.92 Å². The van der Waals surface area contributed by atoms with Crippen LogP contribution in [0.3, 0.4) is 0 Å². The lowest BCUT2D eigenvalue weighted by Gasteiger charge is -2.15. The van der Waals surface area contributed by atoms with Crippen LogP contribution in [0.2, 0.25) is 0 Å². The maximum atomic E-state index is 13.0. The molecule has 0 aliphatic carbocycles. The molecule has 2 aromatic rings. The molecule has 28 heavy (non-hydrogen) atoms. The van der Waals surface area contributed by atoms with Crippen molar-refractivity contribution >= 4 is 5.91 Å². The predicted molar refractivity (Wildman–Crippen MR) is 94.3 cm³/mol. The zero-order valence-electron chi connectivity index (χ0n) is 15.0. The number of aliphatic hydroxyl groups is 1. The largest absolute Gasteiger partial charge is 0.416 e. The van der Waals surface area contributed by atoms with Gasteiger partial charge in [0.1, 0.15) is 0 Å². The molecule has 150 valence electrons. The smallest absolute Gasteiger partial charge is 0.391 e. The quantitative estimate of drug-likeness (QED) is 0.713. The molecule has 2 unspecified atom stereocenters. The average molecular weight is 396 g/mol.